The van der Waals surface area contributed by atoms with Gasteiger partial charge in [0.2, 0.25) is 0 Å². The van der Waals surface area contributed by atoms with Crippen LogP contribution in [-0.4, -0.2) is 30.1 Å². The van der Waals surface area contributed by atoms with Crippen LogP contribution in [-0.2, 0) is 32.7 Å². The maximum atomic E-state index is 8.35. The smallest absolute Gasteiger partial charge is 0.0431 e. The van der Waals surface area contributed by atoms with Gasteiger partial charge in [0.15, 0.2) is 0 Å². The van der Waals surface area contributed by atoms with Crippen molar-refractivity contribution in [1.29, 1.82) is 0 Å². The van der Waals surface area contributed by atoms with Crippen LogP contribution in [0.3, 0.4) is 0 Å². The third-order valence-electron chi connectivity index (χ3n) is 3.88. The van der Waals surface area contributed by atoms with Crippen LogP contribution in [0, 0.1) is 0 Å². The summed E-state index contributed by atoms with van der Waals surface area (Å²) in [5.41, 5.74) is 0. The molecule has 0 rings (SSSR count). The summed E-state index contributed by atoms with van der Waals surface area (Å²) in [6.07, 6.45) is 18.3. The molecule has 0 aromatic heterocycles. The molecule has 0 aliphatic heterocycles. The molecule has 0 amide bonds. The molecule has 145 valence electrons. The van der Waals surface area contributed by atoms with Gasteiger partial charge in [-0.05, 0) is 12.8 Å². The summed E-state index contributed by atoms with van der Waals surface area (Å²) in [6.45, 7) is 7.09. The Labute approximate surface area is 186 Å². The molecule has 0 saturated carbocycles. The van der Waals surface area contributed by atoms with Crippen molar-refractivity contribution in [2.24, 2.45) is 0 Å². The van der Waals surface area contributed by atoms with Crippen LogP contribution >= 0.6 is 15.9 Å². The topological polar surface area (TPSA) is 34.3 Å². The van der Waals surface area contributed by atoms with Crippen LogP contribution in [0.25, 0.3) is 5.32 Å². The molecule has 2 nitrogen and oxygen atoms in total. The molecule has 0 aliphatic rings. The Kier molecular flexibility index (Phi) is 40.6. The van der Waals surface area contributed by atoms with Crippen molar-refractivity contribution in [3.8, 4) is 0 Å². The van der Waals surface area contributed by atoms with Gasteiger partial charge < -0.3 is 10.4 Å². The Morgan fingerprint density at radius 1 is 0.625 bits per heavy atom. The van der Waals surface area contributed by atoms with Gasteiger partial charge in [0, 0.05) is 44.6 Å². The van der Waals surface area contributed by atoms with Crippen molar-refractivity contribution < 1.29 is 37.8 Å². The normalized spacial score (nSPS) is 10.0. The molecule has 1 N–H and O–H groups in total. The predicted octanol–water partition coefficient (Wildman–Crippen LogP) is 7.23. The van der Waals surface area contributed by atoms with Gasteiger partial charge in [-0.3, -0.25) is 0 Å². The fourth-order valence-corrected chi connectivity index (χ4v) is 2.72. The van der Waals surface area contributed by atoms with E-state index >= 15 is 0 Å². The Hall–Kier alpha value is 1.50. The molecule has 24 heavy (non-hydrogen) atoms. The van der Waals surface area contributed by atoms with E-state index in [1.807, 2.05) is 0 Å². The average Bonchev–Trinajstić information content (AvgIpc) is 2.57. The number of alkyl halides is 1. The van der Waals surface area contributed by atoms with E-state index < -0.39 is 0 Å². The number of halogens is 1. The maximum Gasteiger partial charge on any atom is 0.0431 e. The molecular formula is C20H43BrNOY-. The second-order valence-corrected chi connectivity index (χ2v) is 7.12. The van der Waals surface area contributed by atoms with Crippen LogP contribution in [0.5, 0.6) is 0 Å². The van der Waals surface area contributed by atoms with E-state index in [1.54, 1.807) is 0 Å². The first-order valence-corrected chi connectivity index (χ1v) is 11.3. The minimum Gasteiger partial charge on any atom is -0.662 e. The standard InChI is InChI=1S/C14H30N.C6H13BrO.Y/c1-3-5-7-9-10-12-14-15-13-11-8-6-4-2;7-5-3-1-2-4-6-8;/h3-14H2,1-2H3;8H,1-6H2;/q-1;;. The van der Waals surface area contributed by atoms with Gasteiger partial charge in [0.25, 0.3) is 0 Å². The Morgan fingerprint density at radius 3 is 1.54 bits per heavy atom. The third-order valence-corrected chi connectivity index (χ3v) is 4.44. The molecule has 0 bridgehead atoms. The predicted molar refractivity (Wildman–Crippen MR) is 110 cm³/mol. The first-order chi connectivity index (χ1) is 11.3. The Morgan fingerprint density at radius 2 is 1.04 bits per heavy atom. The molecule has 0 aliphatic carbocycles. The zero-order valence-corrected chi connectivity index (χ0v) is 21.0. The first kappa shape index (κ1) is 30.2. The van der Waals surface area contributed by atoms with Gasteiger partial charge in [-0.2, -0.15) is 0 Å². The molecule has 0 fully saturated rings. The van der Waals surface area contributed by atoms with Crippen LogP contribution in [0.15, 0.2) is 0 Å². The molecule has 0 aromatic carbocycles. The van der Waals surface area contributed by atoms with E-state index in [0.717, 1.165) is 24.8 Å². The number of nitrogens with zero attached hydrogens (tertiary/aromatic N) is 1. The number of hydrogen-bond donors (Lipinski definition) is 1. The molecule has 0 heterocycles. The maximum absolute atomic E-state index is 8.35. The molecule has 4 heteroatoms. The summed E-state index contributed by atoms with van der Waals surface area (Å²) < 4.78 is 0. The molecule has 0 aromatic rings. The molecule has 0 spiro atoms. The number of unbranched alkanes of at least 4 members (excludes halogenated alkanes) is 11. The van der Waals surface area contributed by atoms with E-state index in [-0.39, 0.29) is 32.7 Å². The second-order valence-electron chi connectivity index (χ2n) is 6.33. The summed E-state index contributed by atoms with van der Waals surface area (Å²) >= 11 is 3.34. The number of aliphatic hydroxyl groups excluding tert-OH is 1. The summed E-state index contributed by atoms with van der Waals surface area (Å²) in [5, 5.41) is 14.0. The monoisotopic (exact) mass is 481 g/mol. The second kappa shape index (κ2) is 32.2. The zero-order chi connectivity index (χ0) is 17.4. The van der Waals surface area contributed by atoms with E-state index in [0.29, 0.717) is 6.61 Å². The Bertz CT molecular complexity index is 167. The van der Waals surface area contributed by atoms with Crippen molar-refractivity contribution in [3.63, 3.8) is 0 Å². The summed E-state index contributed by atoms with van der Waals surface area (Å²) in [4.78, 5) is 0. The van der Waals surface area contributed by atoms with Gasteiger partial charge in [0.1, 0.15) is 0 Å². The number of rotatable bonds is 17. The molecular weight excluding hydrogens is 439 g/mol. The van der Waals surface area contributed by atoms with E-state index in [4.69, 9.17) is 5.11 Å². The zero-order valence-electron chi connectivity index (χ0n) is 16.6. The van der Waals surface area contributed by atoms with Crippen LogP contribution in [0.4, 0.5) is 0 Å². The first-order valence-electron chi connectivity index (χ1n) is 10.1. The minimum absolute atomic E-state index is 0. The van der Waals surface area contributed by atoms with Crippen LogP contribution in [0.2, 0.25) is 0 Å². The van der Waals surface area contributed by atoms with E-state index in [2.05, 4.69) is 35.1 Å². The fourth-order valence-electron chi connectivity index (χ4n) is 2.33. The SMILES string of the molecule is CCCCCCCC[N-]CCCCCC.OCCCCCCBr.[Y]. The molecule has 0 atom stereocenters. The van der Waals surface area contributed by atoms with Gasteiger partial charge >= 0.3 is 0 Å². The average molecular weight is 482 g/mol. The van der Waals surface area contributed by atoms with Gasteiger partial charge in [-0.1, -0.05) is 107 Å². The van der Waals surface area contributed by atoms with Crippen LogP contribution < -0.4 is 0 Å². The summed E-state index contributed by atoms with van der Waals surface area (Å²) in [7, 11) is 0. The number of aliphatic hydroxyl groups is 1. The van der Waals surface area contributed by atoms with Crippen molar-refractivity contribution in [3.05, 3.63) is 5.32 Å². The van der Waals surface area contributed by atoms with Crippen LogP contribution in [0.1, 0.15) is 104 Å². The van der Waals surface area contributed by atoms with Crippen molar-refractivity contribution in [1.82, 2.24) is 0 Å². The third kappa shape index (κ3) is 34.8. The molecule has 0 saturated heterocycles. The number of hydrogen-bond acceptors (Lipinski definition) is 1. The van der Waals surface area contributed by atoms with E-state index in [9.17, 15) is 0 Å². The molecule has 1 radical (unpaired) electrons. The van der Waals surface area contributed by atoms with E-state index in [1.165, 1.54) is 83.5 Å². The quantitative estimate of drug-likeness (QED) is 0.172. The van der Waals surface area contributed by atoms with Gasteiger partial charge in [-0.25, -0.2) is 0 Å². The fraction of sp³-hybridized carbons (Fsp3) is 1.00. The largest absolute Gasteiger partial charge is 0.662 e. The van der Waals surface area contributed by atoms with Gasteiger partial charge in [0.05, 0.1) is 0 Å². The molecule has 0 unspecified atom stereocenters. The van der Waals surface area contributed by atoms with Crippen molar-refractivity contribution >= 4 is 15.9 Å². The van der Waals surface area contributed by atoms with Crippen molar-refractivity contribution in [2.45, 2.75) is 104 Å². The summed E-state index contributed by atoms with van der Waals surface area (Å²) in [5.74, 6) is 0. The summed E-state index contributed by atoms with van der Waals surface area (Å²) in [6, 6.07) is 0. The van der Waals surface area contributed by atoms with Gasteiger partial charge in [-0.15, -0.1) is 13.1 Å². The Balaban J connectivity index is -0.000000419. The minimum atomic E-state index is 0. The van der Waals surface area contributed by atoms with Crippen molar-refractivity contribution in [2.75, 3.05) is 25.0 Å².